The Labute approximate surface area is 110 Å². The summed E-state index contributed by atoms with van der Waals surface area (Å²) in [5.41, 5.74) is 3.54. The molecule has 1 fully saturated rings. The standard InChI is InChI=1S/C16H23NO/c1-16(8-9-16)11-17-15-5-3-4-12-6-7-13(18-2)10-14(12)15/h6-7,10,15,17H,3-5,8-9,11H2,1-2H3. The normalized spacial score (nSPS) is 24.4. The molecule has 0 bridgehead atoms. The van der Waals surface area contributed by atoms with Crippen LogP contribution in [0.2, 0.25) is 0 Å². The van der Waals surface area contributed by atoms with E-state index in [4.69, 9.17) is 4.74 Å². The van der Waals surface area contributed by atoms with Crippen LogP contribution in [-0.4, -0.2) is 13.7 Å². The molecule has 1 N–H and O–H groups in total. The molecule has 1 aromatic rings. The van der Waals surface area contributed by atoms with Crippen LogP contribution in [0.1, 0.15) is 49.8 Å². The topological polar surface area (TPSA) is 21.3 Å². The third-order valence-electron chi connectivity index (χ3n) is 4.55. The van der Waals surface area contributed by atoms with Crippen LogP contribution in [0.5, 0.6) is 5.75 Å². The van der Waals surface area contributed by atoms with E-state index in [2.05, 4.69) is 30.4 Å². The third kappa shape index (κ3) is 2.39. The minimum absolute atomic E-state index is 0.529. The first-order valence-electron chi connectivity index (χ1n) is 7.10. The number of hydrogen-bond acceptors (Lipinski definition) is 2. The highest BCUT2D eigenvalue weighted by Gasteiger charge is 2.37. The highest BCUT2D eigenvalue weighted by Crippen LogP contribution is 2.45. The molecular weight excluding hydrogens is 222 g/mol. The van der Waals surface area contributed by atoms with Crippen molar-refractivity contribution < 1.29 is 4.74 Å². The number of methoxy groups -OCH3 is 1. The van der Waals surface area contributed by atoms with Gasteiger partial charge in [0.15, 0.2) is 0 Å². The molecule has 2 heteroatoms. The molecule has 1 atom stereocenters. The molecule has 0 heterocycles. The fourth-order valence-electron chi connectivity index (χ4n) is 2.88. The van der Waals surface area contributed by atoms with Gasteiger partial charge in [0.25, 0.3) is 0 Å². The Morgan fingerprint density at radius 3 is 2.94 bits per heavy atom. The summed E-state index contributed by atoms with van der Waals surface area (Å²) in [5, 5.41) is 3.78. The van der Waals surface area contributed by atoms with Crippen molar-refractivity contribution in [1.82, 2.24) is 5.32 Å². The second-order valence-corrected chi connectivity index (χ2v) is 6.20. The van der Waals surface area contributed by atoms with Gasteiger partial charge in [-0.1, -0.05) is 13.0 Å². The molecule has 1 aromatic carbocycles. The molecule has 3 rings (SSSR count). The number of ether oxygens (including phenoxy) is 1. The summed E-state index contributed by atoms with van der Waals surface area (Å²) in [7, 11) is 1.75. The first-order valence-corrected chi connectivity index (χ1v) is 7.10. The van der Waals surface area contributed by atoms with Gasteiger partial charge < -0.3 is 10.1 Å². The maximum absolute atomic E-state index is 5.36. The van der Waals surface area contributed by atoms with E-state index in [1.807, 2.05) is 0 Å². The predicted molar refractivity (Wildman–Crippen MR) is 74.0 cm³/mol. The molecule has 0 spiro atoms. The zero-order valence-corrected chi connectivity index (χ0v) is 11.5. The van der Waals surface area contributed by atoms with Crippen molar-refractivity contribution in [2.24, 2.45) is 5.41 Å². The molecule has 18 heavy (non-hydrogen) atoms. The molecule has 0 amide bonds. The molecule has 0 radical (unpaired) electrons. The fourth-order valence-corrected chi connectivity index (χ4v) is 2.88. The first kappa shape index (κ1) is 12.0. The van der Waals surface area contributed by atoms with Crippen molar-refractivity contribution in [2.45, 2.75) is 45.1 Å². The van der Waals surface area contributed by atoms with Gasteiger partial charge in [-0.2, -0.15) is 0 Å². The van der Waals surface area contributed by atoms with Crippen molar-refractivity contribution in [1.29, 1.82) is 0 Å². The van der Waals surface area contributed by atoms with Crippen LogP contribution in [0.15, 0.2) is 18.2 Å². The lowest BCUT2D eigenvalue weighted by atomic mass is 9.87. The van der Waals surface area contributed by atoms with Gasteiger partial charge >= 0.3 is 0 Å². The molecule has 1 saturated carbocycles. The van der Waals surface area contributed by atoms with Crippen molar-refractivity contribution in [3.63, 3.8) is 0 Å². The smallest absolute Gasteiger partial charge is 0.119 e. The SMILES string of the molecule is COc1ccc2c(c1)C(NCC1(C)CC1)CCC2. The summed E-state index contributed by atoms with van der Waals surface area (Å²) in [4.78, 5) is 0. The number of fused-ring (bicyclic) bond motifs is 1. The van der Waals surface area contributed by atoms with Gasteiger partial charge in [-0.05, 0) is 60.8 Å². The molecule has 0 aliphatic heterocycles. The van der Waals surface area contributed by atoms with Crippen LogP contribution in [0.4, 0.5) is 0 Å². The van der Waals surface area contributed by atoms with Gasteiger partial charge in [0.05, 0.1) is 7.11 Å². The van der Waals surface area contributed by atoms with Crippen molar-refractivity contribution in [2.75, 3.05) is 13.7 Å². The number of rotatable bonds is 4. The van der Waals surface area contributed by atoms with Crippen LogP contribution in [0.3, 0.4) is 0 Å². The number of hydrogen-bond donors (Lipinski definition) is 1. The minimum Gasteiger partial charge on any atom is -0.497 e. The number of aryl methyl sites for hydroxylation is 1. The van der Waals surface area contributed by atoms with E-state index in [1.54, 1.807) is 7.11 Å². The zero-order valence-electron chi connectivity index (χ0n) is 11.5. The van der Waals surface area contributed by atoms with Crippen molar-refractivity contribution >= 4 is 0 Å². The Kier molecular flexibility index (Phi) is 3.06. The van der Waals surface area contributed by atoms with E-state index in [0.29, 0.717) is 11.5 Å². The van der Waals surface area contributed by atoms with Crippen LogP contribution < -0.4 is 10.1 Å². The van der Waals surface area contributed by atoms with E-state index in [-0.39, 0.29) is 0 Å². The Morgan fingerprint density at radius 1 is 1.39 bits per heavy atom. The Morgan fingerprint density at radius 2 is 2.22 bits per heavy atom. The lowest BCUT2D eigenvalue weighted by Crippen LogP contribution is -2.29. The average molecular weight is 245 g/mol. The summed E-state index contributed by atoms with van der Waals surface area (Å²) in [6.45, 7) is 3.55. The highest BCUT2D eigenvalue weighted by atomic mass is 16.5. The lowest BCUT2D eigenvalue weighted by Gasteiger charge is -2.28. The van der Waals surface area contributed by atoms with Crippen LogP contribution >= 0.6 is 0 Å². The quantitative estimate of drug-likeness (QED) is 0.877. The predicted octanol–water partition coefficient (Wildman–Crippen LogP) is 3.46. The lowest BCUT2D eigenvalue weighted by molar-refractivity contribution is 0.394. The van der Waals surface area contributed by atoms with E-state index in [1.165, 1.54) is 43.2 Å². The summed E-state index contributed by atoms with van der Waals surface area (Å²) in [5.74, 6) is 0.986. The molecule has 0 saturated heterocycles. The van der Waals surface area contributed by atoms with Gasteiger partial charge in [0.2, 0.25) is 0 Å². The summed E-state index contributed by atoms with van der Waals surface area (Å²) < 4.78 is 5.36. The number of nitrogens with one attached hydrogen (secondary N) is 1. The summed E-state index contributed by atoms with van der Waals surface area (Å²) in [6.07, 6.45) is 6.55. The average Bonchev–Trinajstić information content (AvgIpc) is 3.14. The van der Waals surface area contributed by atoms with Gasteiger partial charge in [0, 0.05) is 12.6 Å². The van der Waals surface area contributed by atoms with Gasteiger partial charge in [0.1, 0.15) is 5.75 Å². The largest absolute Gasteiger partial charge is 0.497 e. The van der Waals surface area contributed by atoms with E-state index in [0.717, 1.165) is 12.3 Å². The maximum atomic E-state index is 5.36. The molecule has 2 aliphatic carbocycles. The van der Waals surface area contributed by atoms with E-state index in [9.17, 15) is 0 Å². The third-order valence-corrected chi connectivity index (χ3v) is 4.55. The molecule has 2 nitrogen and oxygen atoms in total. The summed E-state index contributed by atoms with van der Waals surface area (Å²) >= 11 is 0. The molecular formula is C16H23NO. The van der Waals surface area contributed by atoms with Crippen molar-refractivity contribution in [3.8, 4) is 5.75 Å². The van der Waals surface area contributed by atoms with Gasteiger partial charge in [-0.25, -0.2) is 0 Å². The van der Waals surface area contributed by atoms with E-state index < -0.39 is 0 Å². The molecule has 0 aromatic heterocycles. The van der Waals surface area contributed by atoms with Crippen LogP contribution in [0.25, 0.3) is 0 Å². The van der Waals surface area contributed by atoms with Crippen LogP contribution in [0, 0.1) is 5.41 Å². The summed E-state index contributed by atoms with van der Waals surface area (Å²) in [6, 6.07) is 7.08. The fraction of sp³-hybridized carbons (Fsp3) is 0.625. The Bertz CT molecular complexity index is 437. The molecule has 98 valence electrons. The second kappa shape index (κ2) is 4.58. The minimum atomic E-state index is 0.529. The van der Waals surface area contributed by atoms with E-state index >= 15 is 0 Å². The van der Waals surface area contributed by atoms with Crippen LogP contribution in [-0.2, 0) is 6.42 Å². The monoisotopic (exact) mass is 245 g/mol. The maximum Gasteiger partial charge on any atom is 0.119 e. The first-order chi connectivity index (χ1) is 8.70. The zero-order chi connectivity index (χ0) is 12.6. The molecule has 2 aliphatic rings. The highest BCUT2D eigenvalue weighted by molar-refractivity contribution is 5.39. The second-order valence-electron chi connectivity index (χ2n) is 6.20. The molecule has 1 unspecified atom stereocenters. The van der Waals surface area contributed by atoms with Gasteiger partial charge in [-0.15, -0.1) is 0 Å². The Hall–Kier alpha value is -1.02. The Balaban J connectivity index is 1.76. The number of benzene rings is 1. The van der Waals surface area contributed by atoms with Crippen molar-refractivity contribution in [3.05, 3.63) is 29.3 Å². The van der Waals surface area contributed by atoms with Gasteiger partial charge in [-0.3, -0.25) is 0 Å².